The molecule has 11 heteroatoms. The quantitative estimate of drug-likeness (QED) is 0.303. The Morgan fingerprint density at radius 1 is 1.19 bits per heavy atom. The molecule has 7 nitrogen and oxygen atoms in total. The molecule has 2 fully saturated rings. The second-order valence-corrected chi connectivity index (χ2v) is 15.7. The molecule has 3 N–H and O–H groups in total. The predicted octanol–water partition coefficient (Wildman–Crippen LogP) is 5.27. The molecule has 1 saturated heterocycles. The van der Waals surface area contributed by atoms with Gasteiger partial charge in [-0.1, -0.05) is 11.9 Å². The van der Waals surface area contributed by atoms with E-state index >= 15 is 0 Å². The molecule has 1 aromatic carbocycles. The van der Waals surface area contributed by atoms with Crippen LogP contribution in [-0.2, 0) is 0 Å². The summed E-state index contributed by atoms with van der Waals surface area (Å²) in [7, 11) is -0.614. The zero-order chi connectivity index (χ0) is 26.6. The van der Waals surface area contributed by atoms with Crippen molar-refractivity contribution in [2.75, 3.05) is 64.4 Å². The highest BCUT2D eigenvalue weighted by atomic mass is 32.3. The van der Waals surface area contributed by atoms with Crippen LogP contribution in [0.25, 0.3) is 0 Å². The molecule has 1 amide bonds. The van der Waals surface area contributed by atoms with Gasteiger partial charge in [0.2, 0.25) is 5.92 Å². The number of carbonyl (C=O) groups is 1. The first-order valence-corrected chi connectivity index (χ1v) is 16.4. The van der Waals surface area contributed by atoms with Gasteiger partial charge in [-0.25, -0.2) is 28.8 Å². The van der Waals surface area contributed by atoms with Crippen LogP contribution >= 0.6 is 22.0 Å². The third kappa shape index (κ3) is 7.48. The Kier molecular flexibility index (Phi) is 8.85. The molecule has 0 unspecified atom stereocenters. The van der Waals surface area contributed by atoms with Crippen molar-refractivity contribution >= 4 is 45.1 Å². The van der Waals surface area contributed by atoms with Gasteiger partial charge in [0.05, 0.1) is 17.9 Å². The first kappa shape index (κ1) is 27.9. The lowest BCUT2D eigenvalue weighted by Gasteiger charge is -2.42. The van der Waals surface area contributed by atoms with E-state index in [1.54, 1.807) is 6.07 Å². The lowest BCUT2D eigenvalue weighted by atomic mass is 9.86. The van der Waals surface area contributed by atoms with Crippen LogP contribution in [0.3, 0.4) is 0 Å². The number of benzene rings is 1. The van der Waals surface area contributed by atoms with Gasteiger partial charge in [-0.2, -0.15) is 0 Å². The summed E-state index contributed by atoms with van der Waals surface area (Å²) in [6, 6.07) is 7.39. The number of nitrogens with zero attached hydrogens (tertiary/aromatic N) is 3. The van der Waals surface area contributed by atoms with Crippen LogP contribution in [0.15, 0.2) is 24.3 Å². The molecule has 0 radical (unpaired) electrons. The van der Waals surface area contributed by atoms with E-state index in [2.05, 4.69) is 37.4 Å². The second-order valence-electron chi connectivity index (χ2n) is 10.4. The Hall–Kier alpha value is -2.11. The van der Waals surface area contributed by atoms with E-state index in [0.717, 1.165) is 36.0 Å². The van der Waals surface area contributed by atoms with Gasteiger partial charge >= 0.3 is 0 Å². The molecule has 0 spiro atoms. The second kappa shape index (κ2) is 11.7. The zero-order valence-corrected chi connectivity index (χ0v) is 23.4. The number of amides is 1. The summed E-state index contributed by atoms with van der Waals surface area (Å²) in [6.45, 7) is 3.68. The van der Waals surface area contributed by atoms with E-state index in [0.29, 0.717) is 41.5 Å². The summed E-state index contributed by atoms with van der Waals surface area (Å²) in [5.41, 5.74) is 2.99. The summed E-state index contributed by atoms with van der Waals surface area (Å²) >= 11 is 1.42. The minimum atomic E-state index is -2.61. The summed E-state index contributed by atoms with van der Waals surface area (Å²) in [5, 5.41) is 12.0. The summed E-state index contributed by atoms with van der Waals surface area (Å²) in [5.74, 6) is 0.685. The van der Waals surface area contributed by atoms with Gasteiger partial charge in [0.25, 0.3) is 5.91 Å². The average molecular weight is 554 g/mol. The van der Waals surface area contributed by atoms with E-state index in [9.17, 15) is 13.6 Å². The number of aliphatic hydroxyl groups excluding tert-OH is 1. The Labute approximate surface area is 223 Å². The maximum atomic E-state index is 13.6. The molecule has 0 atom stereocenters. The van der Waals surface area contributed by atoms with Crippen molar-refractivity contribution in [3.63, 3.8) is 0 Å². The molecule has 1 aliphatic heterocycles. The molecular weight excluding hydrogens is 516 g/mol. The SMILES string of the molecule is Cc1cc(NC(=O)c2ccc(NSCCO)cc2N2CCS(C)(C)CC2)nc(C2CCC(F)(F)CC2)n1. The highest BCUT2D eigenvalue weighted by Crippen LogP contribution is 2.43. The molecule has 1 aromatic heterocycles. The van der Waals surface area contributed by atoms with Gasteiger partial charge in [-0.3, -0.25) is 4.79 Å². The van der Waals surface area contributed by atoms with Crippen molar-refractivity contribution in [1.82, 2.24) is 9.97 Å². The summed E-state index contributed by atoms with van der Waals surface area (Å²) in [6.07, 6.45) is 5.05. The Morgan fingerprint density at radius 3 is 2.57 bits per heavy atom. The van der Waals surface area contributed by atoms with E-state index < -0.39 is 16.0 Å². The number of carbonyl (C=O) groups excluding carboxylic acids is 1. The standard InChI is InChI=1S/C26H37F2N5O2S2/c1-18-16-23(30-24(29-18)19-6-8-26(27,28)9-7-19)31-25(35)21-5-4-20(32-36-13-12-34)17-22(21)33-10-14-37(2,3)15-11-33/h4-5,16-17,19,32,34H,6-15H2,1-3H3,(H,29,30,31,35). The molecule has 204 valence electrons. The van der Waals surface area contributed by atoms with Crippen molar-refractivity contribution in [3.8, 4) is 0 Å². The fourth-order valence-electron chi connectivity index (χ4n) is 4.72. The largest absolute Gasteiger partial charge is 0.395 e. The van der Waals surface area contributed by atoms with Crippen LogP contribution in [0, 0.1) is 6.92 Å². The first-order chi connectivity index (χ1) is 17.5. The first-order valence-electron chi connectivity index (χ1n) is 12.7. The molecule has 2 aliphatic rings. The fourth-order valence-corrected chi connectivity index (χ4v) is 6.84. The van der Waals surface area contributed by atoms with Crippen LogP contribution < -0.4 is 14.9 Å². The van der Waals surface area contributed by atoms with Crippen molar-refractivity contribution < 1.29 is 18.7 Å². The third-order valence-electron chi connectivity index (χ3n) is 6.99. The van der Waals surface area contributed by atoms with Crippen LogP contribution in [0.5, 0.6) is 0 Å². The van der Waals surface area contributed by atoms with Crippen molar-refractivity contribution in [1.29, 1.82) is 0 Å². The molecule has 1 saturated carbocycles. The van der Waals surface area contributed by atoms with Crippen LogP contribution in [0.4, 0.5) is 26.0 Å². The fraction of sp³-hybridized carbons (Fsp3) is 0.577. The maximum Gasteiger partial charge on any atom is 0.258 e. The highest BCUT2D eigenvalue weighted by molar-refractivity contribution is 8.32. The summed E-state index contributed by atoms with van der Waals surface area (Å²) in [4.78, 5) is 24.8. The molecule has 37 heavy (non-hydrogen) atoms. The summed E-state index contributed by atoms with van der Waals surface area (Å²) < 4.78 is 30.5. The number of anilines is 3. The predicted molar refractivity (Wildman–Crippen MR) is 152 cm³/mol. The number of halogens is 2. The number of rotatable bonds is 8. The van der Waals surface area contributed by atoms with Gasteiger partial charge < -0.3 is 20.0 Å². The van der Waals surface area contributed by atoms with Crippen LogP contribution in [0.1, 0.15) is 53.5 Å². The smallest absolute Gasteiger partial charge is 0.258 e. The molecule has 2 heterocycles. The zero-order valence-electron chi connectivity index (χ0n) is 21.7. The Bertz CT molecular complexity index is 1100. The molecule has 0 bridgehead atoms. The van der Waals surface area contributed by atoms with Crippen LogP contribution in [0.2, 0.25) is 0 Å². The van der Waals surface area contributed by atoms with E-state index in [4.69, 9.17) is 5.11 Å². The third-order valence-corrected chi connectivity index (χ3v) is 10.3. The van der Waals surface area contributed by atoms with Crippen molar-refractivity contribution in [2.45, 2.75) is 44.4 Å². The average Bonchev–Trinajstić information content (AvgIpc) is 2.84. The van der Waals surface area contributed by atoms with Gasteiger partial charge in [-0.15, -0.1) is 0 Å². The van der Waals surface area contributed by atoms with E-state index in [1.165, 1.54) is 11.9 Å². The molecule has 1 aliphatic carbocycles. The van der Waals surface area contributed by atoms with Gasteiger partial charge in [0.1, 0.15) is 11.6 Å². The highest BCUT2D eigenvalue weighted by Gasteiger charge is 2.36. The normalized spacial score (nSPS) is 20.3. The molecule has 2 aromatic rings. The number of aryl methyl sites for hydroxylation is 1. The Balaban J connectivity index is 1.55. The van der Waals surface area contributed by atoms with Gasteiger partial charge in [0, 0.05) is 55.0 Å². The lowest BCUT2D eigenvalue weighted by molar-refractivity contribution is -0.0387. The molecular formula is C26H37F2N5O2S2. The number of aliphatic hydroxyl groups is 1. The van der Waals surface area contributed by atoms with E-state index in [-0.39, 0.29) is 31.3 Å². The van der Waals surface area contributed by atoms with Crippen molar-refractivity contribution in [2.24, 2.45) is 0 Å². The number of alkyl halides is 2. The number of hydrogen-bond acceptors (Lipinski definition) is 7. The minimum absolute atomic E-state index is 0.0820. The Morgan fingerprint density at radius 2 is 1.89 bits per heavy atom. The lowest BCUT2D eigenvalue weighted by Crippen LogP contribution is -2.39. The van der Waals surface area contributed by atoms with Gasteiger partial charge in [-0.05, 0) is 62.0 Å². The van der Waals surface area contributed by atoms with Crippen LogP contribution in [-0.4, -0.2) is 76.4 Å². The maximum absolute atomic E-state index is 13.6. The molecule has 4 rings (SSSR count). The van der Waals surface area contributed by atoms with E-state index in [1.807, 2.05) is 25.1 Å². The van der Waals surface area contributed by atoms with Gasteiger partial charge in [0.15, 0.2) is 0 Å². The number of aromatic nitrogens is 2. The number of nitrogens with one attached hydrogen (secondary N) is 2. The topological polar surface area (TPSA) is 90.4 Å². The van der Waals surface area contributed by atoms with Crippen molar-refractivity contribution in [3.05, 3.63) is 41.3 Å². The monoisotopic (exact) mass is 553 g/mol. The number of hydrogen-bond donors (Lipinski definition) is 3. The minimum Gasteiger partial charge on any atom is -0.395 e.